The Kier molecular flexibility index (Phi) is 6.22. The largest absolute Gasteiger partial charge is 0.313 e. The topological polar surface area (TPSA) is 24.1 Å². The van der Waals surface area contributed by atoms with Gasteiger partial charge in [-0.3, -0.25) is 0 Å². The summed E-state index contributed by atoms with van der Waals surface area (Å²) in [5.41, 5.74) is 3.23. The predicted molar refractivity (Wildman–Crippen MR) is 89.2 cm³/mol. The summed E-state index contributed by atoms with van der Waals surface area (Å²) >= 11 is 0. The molecule has 1 aromatic rings. The van der Waals surface area contributed by atoms with E-state index in [1.54, 1.807) is 0 Å². The van der Waals surface area contributed by atoms with Crippen LogP contribution in [0.1, 0.15) is 59.1 Å². The Morgan fingerprint density at radius 1 is 0.850 bits per heavy atom. The van der Waals surface area contributed by atoms with Crippen LogP contribution in [-0.4, -0.2) is 18.6 Å². The molecule has 0 saturated heterocycles. The zero-order valence-electron chi connectivity index (χ0n) is 14.1. The second-order valence-electron chi connectivity index (χ2n) is 7.65. The van der Waals surface area contributed by atoms with E-state index in [9.17, 15) is 0 Å². The molecule has 0 aliphatic carbocycles. The fraction of sp³-hybridized carbons (Fsp3) is 0.667. The van der Waals surface area contributed by atoms with Crippen molar-refractivity contribution in [2.75, 3.05) is 13.1 Å². The van der Waals surface area contributed by atoms with Gasteiger partial charge in [-0.15, -0.1) is 0 Å². The van der Waals surface area contributed by atoms with Crippen LogP contribution < -0.4 is 10.6 Å². The number of hydrogen-bond acceptors (Lipinski definition) is 2. The lowest BCUT2D eigenvalue weighted by Gasteiger charge is -2.20. The first-order valence-corrected chi connectivity index (χ1v) is 7.74. The van der Waals surface area contributed by atoms with Gasteiger partial charge in [-0.05, 0) is 56.8 Å². The number of hydrogen-bond donors (Lipinski definition) is 2. The Hall–Kier alpha value is -0.860. The van der Waals surface area contributed by atoms with Crippen molar-refractivity contribution in [1.29, 1.82) is 0 Å². The van der Waals surface area contributed by atoms with Crippen LogP contribution in [0.15, 0.2) is 24.3 Å². The van der Waals surface area contributed by atoms with Crippen LogP contribution in [0.2, 0.25) is 0 Å². The van der Waals surface area contributed by atoms with E-state index >= 15 is 0 Å². The fourth-order valence-electron chi connectivity index (χ4n) is 2.03. The van der Waals surface area contributed by atoms with E-state index in [0.29, 0.717) is 0 Å². The third-order valence-electron chi connectivity index (χ3n) is 3.33. The molecule has 2 nitrogen and oxygen atoms in total. The molecule has 2 heteroatoms. The smallest absolute Gasteiger partial charge is 0.0205 e. The van der Waals surface area contributed by atoms with E-state index in [1.165, 1.54) is 11.1 Å². The number of rotatable bonds is 6. The lowest BCUT2D eigenvalue weighted by molar-refractivity contribution is 0.418. The summed E-state index contributed by atoms with van der Waals surface area (Å²) in [6.07, 6.45) is 1.16. The molecule has 0 saturated carbocycles. The first-order chi connectivity index (χ1) is 9.18. The second kappa shape index (κ2) is 7.24. The minimum Gasteiger partial charge on any atom is -0.313 e. The average Bonchev–Trinajstić information content (AvgIpc) is 2.32. The van der Waals surface area contributed by atoms with Gasteiger partial charge < -0.3 is 10.6 Å². The summed E-state index contributed by atoms with van der Waals surface area (Å²) in [7, 11) is 0. The van der Waals surface area contributed by atoms with E-state index in [0.717, 1.165) is 26.1 Å². The van der Waals surface area contributed by atoms with Crippen LogP contribution in [-0.2, 0) is 12.0 Å². The summed E-state index contributed by atoms with van der Waals surface area (Å²) < 4.78 is 0. The van der Waals surface area contributed by atoms with Gasteiger partial charge in [-0.25, -0.2) is 0 Å². The van der Waals surface area contributed by atoms with Crippen molar-refractivity contribution in [3.05, 3.63) is 35.4 Å². The van der Waals surface area contributed by atoms with Gasteiger partial charge in [0.25, 0.3) is 0 Å². The Morgan fingerprint density at radius 3 is 1.95 bits per heavy atom. The van der Waals surface area contributed by atoms with Crippen LogP contribution in [0.5, 0.6) is 0 Å². The van der Waals surface area contributed by atoms with Crippen molar-refractivity contribution in [1.82, 2.24) is 10.6 Å². The minimum absolute atomic E-state index is 0.225. The zero-order chi connectivity index (χ0) is 15.2. The average molecular weight is 276 g/mol. The van der Waals surface area contributed by atoms with Crippen LogP contribution >= 0.6 is 0 Å². The van der Waals surface area contributed by atoms with Crippen molar-refractivity contribution in [3.8, 4) is 0 Å². The van der Waals surface area contributed by atoms with Crippen LogP contribution in [0, 0.1) is 0 Å². The van der Waals surface area contributed by atoms with Gasteiger partial charge >= 0.3 is 0 Å². The summed E-state index contributed by atoms with van der Waals surface area (Å²) in [5, 5.41) is 7.01. The van der Waals surface area contributed by atoms with Crippen molar-refractivity contribution in [2.45, 2.75) is 65.5 Å². The highest BCUT2D eigenvalue weighted by Crippen LogP contribution is 2.22. The molecule has 0 radical (unpaired) electrons. The highest BCUT2D eigenvalue weighted by atomic mass is 14.9. The lowest BCUT2D eigenvalue weighted by atomic mass is 9.87. The molecule has 114 valence electrons. The van der Waals surface area contributed by atoms with E-state index in [4.69, 9.17) is 0 Å². The summed E-state index contributed by atoms with van der Waals surface area (Å²) in [5.74, 6) is 0. The normalized spacial score (nSPS) is 12.7. The van der Waals surface area contributed by atoms with Gasteiger partial charge in [0.1, 0.15) is 0 Å². The minimum atomic E-state index is 0.225. The standard InChI is InChI=1S/C18H32N2/c1-17(2,3)16-10-8-15(9-11-16)14-19-12-7-13-20-18(4,5)6/h8-11,19-20H,7,12-14H2,1-6H3. The lowest BCUT2D eigenvalue weighted by Crippen LogP contribution is -2.37. The molecular weight excluding hydrogens is 244 g/mol. The highest BCUT2D eigenvalue weighted by molar-refractivity contribution is 5.27. The van der Waals surface area contributed by atoms with E-state index in [2.05, 4.69) is 76.4 Å². The third-order valence-corrected chi connectivity index (χ3v) is 3.33. The first kappa shape index (κ1) is 17.2. The third kappa shape index (κ3) is 7.06. The molecule has 0 fully saturated rings. The molecule has 0 aliphatic heterocycles. The predicted octanol–water partition coefficient (Wildman–Crippen LogP) is 3.85. The van der Waals surface area contributed by atoms with Gasteiger partial charge in [0.2, 0.25) is 0 Å². The van der Waals surface area contributed by atoms with Crippen molar-refractivity contribution in [3.63, 3.8) is 0 Å². The number of benzene rings is 1. The molecule has 0 aromatic heterocycles. The van der Waals surface area contributed by atoms with Gasteiger partial charge in [-0.2, -0.15) is 0 Å². The molecule has 0 amide bonds. The molecule has 0 bridgehead atoms. The van der Waals surface area contributed by atoms with Crippen molar-refractivity contribution >= 4 is 0 Å². The van der Waals surface area contributed by atoms with E-state index < -0.39 is 0 Å². The molecule has 1 rings (SSSR count). The fourth-order valence-corrected chi connectivity index (χ4v) is 2.03. The van der Waals surface area contributed by atoms with Crippen molar-refractivity contribution < 1.29 is 0 Å². The molecule has 0 atom stereocenters. The zero-order valence-corrected chi connectivity index (χ0v) is 14.1. The Morgan fingerprint density at radius 2 is 1.45 bits per heavy atom. The molecule has 0 heterocycles. The Labute approximate surface area is 125 Å². The quantitative estimate of drug-likeness (QED) is 0.771. The molecule has 0 aliphatic rings. The maximum Gasteiger partial charge on any atom is 0.0205 e. The maximum absolute atomic E-state index is 3.51. The summed E-state index contributed by atoms with van der Waals surface area (Å²) in [4.78, 5) is 0. The maximum atomic E-state index is 3.51. The first-order valence-electron chi connectivity index (χ1n) is 7.74. The monoisotopic (exact) mass is 276 g/mol. The van der Waals surface area contributed by atoms with Crippen LogP contribution in [0.4, 0.5) is 0 Å². The van der Waals surface area contributed by atoms with Gasteiger partial charge in [0, 0.05) is 12.1 Å². The van der Waals surface area contributed by atoms with E-state index in [-0.39, 0.29) is 11.0 Å². The van der Waals surface area contributed by atoms with Crippen LogP contribution in [0.3, 0.4) is 0 Å². The molecule has 2 N–H and O–H groups in total. The van der Waals surface area contributed by atoms with Gasteiger partial charge in [-0.1, -0.05) is 45.0 Å². The molecular formula is C18H32N2. The second-order valence-corrected chi connectivity index (χ2v) is 7.65. The van der Waals surface area contributed by atoms with E-state index in [1.807, 2.05) is 0 Å². The molecule has 20 heavy (non-hydrogen) atoms. The van der Waals surface area contributed by atoms with Gasteiger partial charge in [0.05, 0.1) is 0 Å². The summed E-state index contributed by atoms with van der Waals surface area (Å²) in [6.45, 7) is 16.5. The highest BCUT2D eigenvalue weighted by Gasteiger charge is 2.12. The molecule has 0 spiro atoms. The Bertz CT molecular complexity index is 379. The summed E-state index contributed by atoms with van der Waals surface area (Å²) in [6, 6.07) is 8.97. The van der Waals surface area contributed by atoms with Crippen LogP contribution in [0.25, 0.3) is 0 Å². The SMILES string of the molecule is CC(C)(C)NCCCNCc1ccc(C(C)(C)C)cc1. The molecule has 1 aromatic carbocycles. The molecule has 0 unspecified atom stereocenters. The van der Waals surface area contributed by atoms with Crippen molar-refractivity contribution in [2.24, 2.45) is 0 Å². The number of nitrogens with one attached hydrogen (secondary N) is 2. The Balaban J connectivity index is 2.23. The van der Waals surface area contributed by atoms with Gasteiger partial charge in [0.15, 0.2) is 0 Å².